The van der Waals surface area contributed by atoms with Crippen molar-refractivity contribution in [1.82, 2.24) is 0 Å². The van der Waals surface area contributed by atoms with Crippen LogP contribution in [0.2, 0.25) is 0 Å². The van der Waals surface area contributed by atoms with E-state index in [-0.39, 0.29) is 0 Å². The lowest BCUT2D eigenvalue weighted by Gasteiger charge is -2.15. The Morgan fingerprint density at radius 2 is 1.93 bits per heavy atom. The van der Waals surface area contributed by atoms with Gasteiger partial charge in [-0.25, -0.2) is 0 Å². The Balaban J connectivity index is 1.99. The average molecular weight is 205 g/mol. The lowest BCUT2D eigenvalue weighted by Crippen LogP contribution is -2.15. The van der Waals surface area contributed by atoms with Gasteiger partial charge in [-0.2, -0.15) is 0 Å². The van der Waals surface area contributed by atoms with Gasteiger partial charge in [-0.15, -0.1) is 0 Å². The molecule has 0 bridgehead atoms. The second-order valence-electron chi connectivity index (χ2n) is 4.45. The summed E-state index contributed by atoms with van der Waals surface area (Å²) in [5, 5.41) is 0. The Kier molecular flexibility index (Phi) is 2.96. The fourth-order valence-corrected chi connectivity index (χ4v) is 1.92. The molecule has 1 aliphatic rings. The molecule has 1 saturated carbocycles. The fraction of sp³-hybridized carbons (Fsp3) is 0.538. The molecule has 0 aromatic heterocycles. The second kappa shape index (κ2) is 4.23. The molecule has 1 aromatic rings. The highest BCUT2D eigenvalue weighted by molar-refractivity contribution is 5.43. The Hall–Kier alpha value is -1.02. The van der Waals surface area contributed by atoms with Crippen LogP contribution in [-0.4, -0.2) is 13.2 Å². The SMILES string of the molecule is CCCOCC1(c2ccc(N)cc2)CC1. The minimum atomic E-state index is 0.308. The summed E-state index contributed by atoms with van der Waals surface area (Å²) in [4.78, 5) is 0. The Morgan fingerprint density at radius 3 is 2.47 bits per heavy atom. The quantitative estimate of drug-likeness (QED) is 0.592. The largest absolute Gasteiger partial charge is 0.399 e. The van der Waals surface area contributed by atoms with E-state index in [4.69, 9.17) is 10.5 Å². The number of rotatable bonds is 5. The van der Waals surface area contributed by atoms with Crippen LogP contribution in [-0.2, 0) is 10.2 Å². The highest BCUT2D eigenvalue weighted by Crippen LogP contribution is 2.48. The van der Waals surface area contributed by atoms with Crippen LogP contribution in [0.15, 0.2) is 24.3 Å². The van der Waals surface area contributed by atoms with Crippen LogP contribution in [0.1, 0.15) is 31.7 Å². The van der Waals surface area contributed by atoms with Crippen molar-refractivity contribution in [3.63, 3.8) is 0 Å². The van der Waals surface area contributed by atoms with E-state index in [1.165, 1.54) is 18.4 Å². The molecule has 2 N–H and O–H groups in total. The van der Waals surface area contributed by atoms with Gasteiger partial charge in [-0.05, 0) is 37.0 Å². The molecule has 0 spiro atoms. The third-order valence-electron chi connectivity index (χ3n) is 3.10. The van der Waals surface area contributed by atoms with E-state index in [9.17, 15) is 0 Å². The van der Waals surface area contributed by atoms with Gasteiger partial charge in [0.05, 0.1) is 6.61 Å². The summed E-state index contributed by atoms with van der Waals surface area (Å²) >= 11 is 0. The maximum atomic E-state index is 5.68. The summed E-state index contributed by atoms with van der Waals surface area (Å²) in [5.41, 5.74) is 8.21. The predicted octanol–water partition coefficient (Wildman–Crippen LogP) is 2.73. The van der Waals surface area contributed by atoms with Crippen molar-refractivity contribution in [2.75, 3.05) is 18.9 Å². The number of benzene rings is 1. The van der Waals surface area contributed by atoms with Gasteiger partial charge in [0.15, 0.2) is 0 Å². The van der Waals surface area contributed by atoms with Crippen molar-refractivity contribution in [3.8, 4) is 0 Å². The van der Waals surface area contributed by atoms with Gasteiger partial charge < -0.3 is 10.5 Å². The number of anilines is 1. The number of hydrogen-bond acceptors (Lipinski definition) is 2. The molecule has 1 fully saturated rings. The van der Waals surface area contributed by atoms with Gasteiger partial charge in [0.2, 0.25) is 0 Å². The molecule has 0 atom stereocenters. The van der Waals surface area contributed by atoms with Gasteiger partial charge in [0.25, 0.3) is 0 Å². The molecule has 82 valence electrons. The number of nitrogen functional groups attached to an aromatic ring is 1. The van der Waals surface area contributed by atoms with Crippen molar-refractivity contribution < 1.29 is 4.74 Å². The molecule has 0 aliphatic heterocycles. The topological polar surface area (TPSA) is 35.2 Å². The molecule has 0 amide bonds. The zero-order chi connectivity index (χ0) is 10.7. The van der Waals surface area contributed by atoms with Crippen molar-refractivity contribution >= 4 is 5.69 Å². The third kappa shape index (κ3) is 2.32. The fourth-order valence-electron chi connectivity index (χ4n) is 1.92. The monoisotopic (exact) mass is 205 g/mol. The van der Waals surface area contributed by atoms with Crippen molar-refractivity contribution in [1.29, 1.82) is 0 Å². The highest BCUT2D eigenvalue weighted by atomic mass is 16.5. The molecule has 1 aliphatic carbocycles. The van der Waals surface area contributed by atoms with Crippen molar-refractivity contribution in [2.24, 2.45) is 0 Å². The zero-order valence-electron chi connectivity index (χ0n) is 9.33. The molecular formula is C13H19NO. The molecule has 15 heavy (non-hydrogen) atoms. The van der Waals surface area contributed by atoms with Gasteiger partial charge in [0.1, 0.15) is 0 Å². The summed E-state index contributed by atoms with van der Waals surface area (Å²) in [7, 11) is 0. The highest BCUT2D eigenvalue weighted by Gasteiger charge is 2.44. The van der Waals surface area contributed by atoms with E-state index in [2.05, 4.69) is 19.1 Å². The second-order valence-corrected chi connectivity index (χ2v) is 4.45. The van der Waals surface area contributed by atoms with Gasteiger partial charge in [-0.1, -0.05) is 19.1 Å². The lowest BCUT2D eigenvalue weighted by atomic mass is 9.97. The first-order valence-corrected chi connectivity index (χ1v) is 5.71. The van der Waals surface area contributed by atoms with Crippen LogP contribution in [0.5, 0.6) is 0 Å². The van der Waals surface area contributed by atoms with E-state index in [1.807, 2.05) is 12.1 Å². The number of nitrogens with two attached hydrogens (primary N) is 1. The first-order chi connectivity index (χ1) is 7.27. The van der Waals surface area contributed by atoms with Gasteiger partial charge in [0, 0.05) is 17.7 Å². The summed E-state index contributed by atoms with van der Waals surface area (Å²) in [6, 6.07) is 8.24. The molecule has 0 saturated heterocycles. The van der Waals surface area contributed by atoms with Crippen LogP contribution < -0.4 is 5.73 Å². The standard InChI is InChI=1S/C13H19NO/c1-2-9-15-10-13(7-8-13)11-3-5-12(14)6-4-11/h3-6H,2,7-10,14H2,1H3. The predicted molar refractivity (Wildman–Crippen MR) is 62.9 cm³/mol. The normalized spacial score (nSPS) is 17.7. The summed E-state index contributed by atoms with van der Waals surface area (Å²) in [5.74, 6) is 0. The molecule has 2 rings (SSSR count). The minimum Gasteiger partial charge on any atom is -0.399 e. The van der Waals surface area contributed by atoms with E-state index in [0.29, 0.717) is 5.41 Å². The summed E-state index contributed by atoms with van der Waals surface area (Å²) in [6.07, 6.45) is 3.60. The van der Waals surface area contributed by atoms with Gasteiger partial charge >= 0.3 is 0 Å². The van der Waals surface area contributed by atoms with E-state index in [0.717, 1.165) is 25.3 Å². The third-order valence-corrected chi connectivity index (χ3v) is 3.10. The first-order valence-electron chi connectivity index (χ1n) is 5.71. The maximum Gasteiger partial charge on any atom is 0.0562 e. The van der Waals surface area contributed by atoms with Crippen molar-refractivity contribution in [2.45, 2.75) is 31.6 Å². The number of hydrogen-bond donors (Lipinski definition) is 1. The Morgan fingerprint density at radius 1 is 1.27 bits per heavy atom. The van der Waals surface area contributed by atoms with Gasteiger partial charge in [-0.3, -0.25) is 0 Å². The first kappa shape index (κ1) is 10.5. The van der Waals surface area contributed by atoms with Crippen LogP contribution >= 0.6 is 0 Å². The molecular weight excluding hydrogens is 186 g/mol. The van der Waals surface area contributed by atoms with E-state index >= 15 is 0 Å². The molecule has 2 nitrogen and oxygen atoms in total. The lowest BCUT2D eigenvalue weighted by molar-refractivity contribution is 0.114. The van der Waals surface area contributed by atoms with Crippen LogP contribution in [0.3, 0.4) is 0 Å². The summed E-state index contributed by atoms with van der Waals surface area (Å²) < 4.78 is 5.66. The Bertz CT molecular complexity index is 314. The molecule has 1 aromatic carbocycles. The maximum absolute atomic E-state index is 5.68. The van der Waals surface area contributed by atoms with E-state index in [1.54, 1.807) is 0 Å². The molecule has 0 radical (unpaired) electrons. The van der Waals surface area contributed by atoms with Crippen LogP contribution in [0.4, 0.5) is 5.69 Å². The number of ether oxygens (including phenoxy) is 1. The average Bonchev–Trinajstić information content (AvgIpc) is 3.00. The Labute approximate surface area is 91.4 Å². The van der Waals surface area contributed by atoms with Crippen LogP contribution in [0, 0.1) is 0 Å². The zero-order valence-corrected chi connectivity index (χ0v) is 9.33. The van der Waals surface area contributed by atoms with Crippen LogP contribution in [0.25, 0.3) is 0 Å². The summed E-state index contributed by atoms with van der Waals surface area (Å²) in [6.45, 7) is 3.88. The minimum absolute atomic E-state index is 0.308. The smallest absolute Gasteiger partial charge is 0.0562 e. The van der Waals surface area contributed by atoms with Crippen molar-refractivity contribution in [3.05, 3.63) is 29.8 Å². The molecule has 2 heteroatoms. The molecule has 0 unspecified atom stereocenters. The molecule has 0 heterocycles. The van der Waals surface area contributed by atoms with E-state index < -0.39 is 0 Å².